The number of aromatic amines is 1. The first kappa shape index (κ1) is 16.7. The first-order chi connectivity index (χ1) is 12.1. The van der Waals surface area contributed by atoms with Gasteiger partial charge in [-0.15, -0.1) is 0 Å². The first-order valence-corrected chi connectivity index (χ1v) is 7.76. The van der Waals surface area contributed by atoms with E-state index in [0.29, 0.717) is 22.1 Å². The van der Waals surface area contributed by atoms with Crippen LogP contribution < -0.4 is 9.47 Å². The first-order valence-electron chi connectivity index (χ1n) is 7.35. The number of aromatic hydroxyl groups is 1. The summed E-state index contributed by atoms with van der Waals surface area (Å²) in [5.74, 6) is 1.98. The Bertz CT molecular complexity index is 961. The van der Waals surface area contributed by atoms with Gasteiger partial charge in [0.2, 0.25) is 4.77 Å². The minimum Gasteiger partial charge on any atom is -0.508 e. The van der Waals surface area contributed by atoms with E-state index in [4.69, 9.17) is 21.7 Å². The molecule has 0 amide bonds. The van der Waals surface area contributed by atoms with Crippen molar-refractivity contribution >= 4 is 18.4 Å². The standard InChI is InChI=1S/C17H16N4O3S/c1-23-13-7-8-14(15(9-13)24-2)16-19-20-17(25)21(16)18-10-11-3-5-12(22)6-4-11/h3-10,22H,1-2H3,(H,20,25)/b18-10+. The van der Waals surface area contributed by atoms with E-state index in [1.54, 1.807) is 50.8 Å². The summed E-state index contributed by atoms with van der Waals surface area (Å²) in [5, 5.41) is 20.7. The SMILES string of the molecule is COc1ccc(-c2n[nH]c(=S)n2/N=C/c2ccc(O)cc2)c(OC)c1. The van der Waals surface area contributed by atoms with Crippen molar-refractivity contribution < 1.29 is 14.6 Å². The van der Waals surface area contributed by atoms with E-state index in [1.807, 2.05) is 12.1 Å². The zero-order valence-electron chi connectivity index (χ0n) is 13.6. The molecule has 128 valence electrons. The summed E-state index contributed by atoms with van der Waals surface area (Å²) in [6.45, 7) is 0. The summed E-state index contributed by atoms with van der Waals surface area (Å²) in [4.78, 5) is 0. The van der Waals surface area contributed by atoms with E-state index in [2.05, 4.69) is 15.3 Å². The molecule has 0 unspecified atom stereocenters. The molecule has 25 heavy (non-hydrogen) atoms. The molecule has 8 heteroatoms. The van der Waals surface area contributed by atoms with Crippen LogP contribution in [0.3, 0.4) is 0 Å². The Hall–Kier alpha value is -3.13. The Morgan fingerprint density at radius 1 is 1.16 bits per heavy atom. The number of ether oxygens (including phenoxy) is 2. The molecule has 0 radical (unpaired) electrons. The predicted octanol–water partition coefficient (Wildman–Crippen LogP) is 3.21. The number of nitrogens with one attached hydrogen (secondary N) is 1. The van der Waals surface area contributed by atoms with Gasteiger partial charge in [0.15, 0.2) is 5.82 Å². The maximum atomic E-state index is 9.34. The lowest BCUT2D eigenvalue weighted by atomic mass is 10.2. The molecule has 0 fully saturated rings. The molecule has 1 aromatic heterocycles. The van der Waals surface area contributed by atoms with Gasteiger partial charge in [0.05, 0.1) is 26.0 Å². The Labute approximate surface area is 149 Å². The van der Waals surface area contributed by atoms with Crippen molar-refractivity contribution in [3.8, 4) is 28.6 Å². The highest BCUT2D eigenvalue weighted by Gasteiger charge is 2.14. The normalized spacial score (nSPS) is 11.0. The van der Waals surface area contributed by atoms with Crippen molar-refractivity contribution in [2.24, 2.45) is 5.10 Å². The number of nitrogens with zero attached hydrogens (tertiary/aromatic N) is 3. The molecule has 0 aliphatic heterocycles. The molecule has 3 rings (SSSR count). The maximum Gasteiger partial charge on any atom is 0.216 e. The second kappa shape index (κ2) is 7.18. The average molecular weight is 356 g/mol. The van der Waals surface area contributed by atoms with E-state index in [-0.39, 0.29) is 5.75 Å². The highest BCUT2D eigenvalue weighted by molar-refractivity contribution is 7.71. The number of H-pyrrole nitrogens is 1. The van der Waals surface area contributed by atoms with E-state index in [1.165, 1.54) is 4.68 Å². The predicted molar refractivity (Wildman–Crippen MR) is 97.1 cm³/mol. The van der Waals surface area contributed by atoms with Crippen molar-refractivity contribution in [1.82, 2.24) is 14.9 Å². The molecule has 2 N–H and O–H groups in total. The van der Waals surface area contributed by atoms with Gasteiger partial charge in [-0.1, -0.05) is 0 Å². The molecular formula is C17H16N4O3S. The summed E-state index contributed by atoms with van der Waals surface area (Å²) < 4.78 is 12.5. The molecule has 7 nitrogen and oxygen atoms in total. The van der Waals surface area contributed by atoms with Gasteiger partial charge >= 0.3 is 0 Å². The molecule has 0 saturated carbocycles. The van der Waals surface area contributed by atoms with Crippen LogP contribution in [0.15, 0.2) is 47.6 Å². The topological polar surface area (TPSA) is 84.7 Å². The number of methoxy groups -OCH3 is 2. The van der Waals surface area contributed by atoms with Crippen molar-refractivity contribution in [2.45, 2.75) is 0 Å². The molecule has 1 heterocycles. The van der Waals surface area contributed by atoms with Crippen LogP contribution in [0.5, 0.6) is 17.2 Å². The quantitative estimate of drug-likeness (QED) is 0.542. The van der Waals surface area contributed by atoms with Gasteiger partial charge in [-0.05, 0) is 54.2 Å². The second-order valence-corrected chi connectivity index (χ2v) is 5.45. The number of phenolic OH excluding ortho intramolecular Hbond substituents is 1. The smallest absolute Gasteiger partial charge is 0.216 e. The third kappa shape index (κ3) is 3.53. The fraction of sp³-hybridized carbons (Fsp3) is 0.118. The highest BCUT2D eigenvalue weighted by Crippen LogP contribution is 2.32. The van der Waals surface area contributed by atoms with Crippen LogP contribution in [0, 0.1) is 4.77 Å². The maximum absolute atomic E-state index is 9.34. The van der Waals surface area contributed by atoms with Gasteiger partial charge in [0.25, 0.3) is 0 Å². The molecule has 3 aromatic rings. The molecule has 2 aromatic carbocycles. The Morgan fingerprint density at radius 3 is 2.60 bits per heavy atom. The lowest BCUT2D eigenvalue weighted by Crippen LogP contribution is -1.97. The van der Waals surface area contributed by atoms with Crippen LogP contribution in [0.25, 0.3) is 11.4 Å². The lowest BCUT2D eigenvalue weighted by Gasteiger charge is -2.09. The van der Waals surface area contributed by atoms with Gasteiger partial charge in [-0.3, -0.25) is 0 Å². The number of hydrogen-bond acceptors (Lipinski definition) is 6. The number of rotatable bonds is 5. The number of hydrogen-bond donors (Lipinski definition) is 2. The minimum absolute atomic E-state index is 0.195. The van der Waals surface area contributed by atoms with Gasteiger partial charge in [0, 0.05) is 6.07 Å². The van der Waals surface area contributed by atoms with Crippen LogP contribution in [0.2, 0.25) is 0 Å². The van der Waals surface area contributed by atoms with Gasteiger partial charge in [-0.2, -0.15) is 14.9 Å². The number of aromatic nitrogens is 3. The molecule has 0 aliphatic carbocycles. The van der Waals surface area contributed by atoms with Crippen LogP contribution in [0.4, 0.5) is 0 Å². The summed E-state index contributed by atoms with van der Waals surface area (Å²) in [6.07, 6.45) is 1.63. The lowest BCUT2D eigenvalue weighted by molar-refractivity contribution is 0.395. The Morgan fingerprint density at radius 2 is 1.92 bits per heavy atom. The third-order valence-corrected chi connectivity index (χ3v) is 3.78. The van der Waals surface area contributed by atoms with E-state index >= 15 is 0 Å². The molecule has 0 spiro atoms. The molecule has 0 saturated heterocycles. The zero-order valence-corrected chi connectivity index (χ0v) is 14.4. The number of phenols is 1. The fourth-order valence-corrected chi connectivity index (χ4v) is 2.42. The van der Waals surface area contributed by atoms with E-state index in [0.717, 1.165) is 11.1 Å². The summed E-state index contributed by atoms with van der Waals surface area (Å²) in [5.41, 5.74) is 1.53. The summed E-state index contributed by atoms with van der Waals surface area (Å²) >= 11 is 5.26. The summed E-state index contributed by atoms with van der Waals surface area (Å²) in [6, 6.07) is 12.1. The van der Waals surface area contributed by atoms with Gasteiger partial charge in [-0.25, -0.2) is 5.10 Å². The largest absolute Gasteiger partial charge is 0.508 e. The molecular weight excluding hydrogens is 340 g/mol. The van der Waals surface area contributed by atoms with Crippen molar-refractivity contribution in [3.05, 3.63) is 52.8 Å². The fourth-order valence-electron chi connectivity index (χ4n) is 2.24. The number of benzene rings is 2. The Kier molecular flexibility index (Phi) is 4.80. The van der Waals surface area contributed by atoms with Crippen molar-refractivity contribution in [3.63, 3.8) is 0 Å². The highest BCUT2D eigenvalue weighted by atomic mass is 32.1. The van der Waals surface area contributed by atoms with Crippen LogP contribution >= 0.6 is 12.2 Å². The van der Waals surface area contributed by atoms with Crippen LogP contribution in [-0.4, -0.2) is 40.4 Å². The second-order valence-electron chi connectivity index (χ2n) is 5.07. The molecule has 0 aliphatic rings. The third-order valence-electron chi connectivity index (χ3n) is 3.52. The van der Waals surface area contributed by atoms with Gasteiger partial charge in [0.1, 0.15) is 17.2 Å². The average Bonchev–Trinajstić information content (AvgIpc) is 3.01. The van der Waals surface area contributed by atoms with E-state index in [9.17, 15) is 5.11 Å². The molecule has 0 bridgehead atoms. The van der Waals surface area contributed by atoms with Crippen LogP contribution in [0.1, 0.15) is 5.56 Å². The van der Waals surface area contributed by atoms with Gasteiger partial charge < -0.3 is 14.6 Å². The molecule has 0 atom stereocenters. The summed E-state index contributed by atoms with van der Waals surface area (Å²) in [7, 11) is 3.16. The van der Waals surface area contributed by atoms with E-state index < -0.39 is 0 Å². The Balaban J connectivity index is 2.02. The van der Waals surface area contributed by atoms with Crippen molar-refractivity contribution in [1.29, 1.82) is 0 Å². The zero-order chi connectivity index (χ0) is 17.8. The van der Waals surface area contributed by atoms with Crippen LogP contribution in [-0.2, 0) is 0 Å². The van der Waals surface area contributed by atoms with Crippen molar-refractivity contribution in [2.75, 3.05) is 14.2 Å². The monoisotopic (exact) mass is 356 g/mol. The minimum atomic E-state index is 0.195.